The topological polar surface area (TPSA) is 110 Å². The third-order valence-electron chi connectivity index (χ3n) is 4.56. The van der Waals surface area contributed by atoms with E-state index < -0.39 is 0 Å². The van der Waals surface area contributed by atoms with Gasteiger partial charge in [0.1, 0.15) is 0 Å². The van der Waals surface area contributed by atoms with Crippen molar-refractivity contribution in [2.24, 2.45) is 0 Å². The van der Waals surface area contributed by atoms with Crippen molar-refractivity contribution in [3.8, 4) is 11.7 Å². The van der Waals surface area contributed by atoms with E-state index in [1.54, 1.807) is 36.4 Å². The van der Waals surface area contributed by atoms with Crippen molar-refractivity contribution in [1.29, 1.82) is 0 Å². The molecule has 0 bridgehead atoms. The molecule has 4 rings (SSSR count). The molecule has 2 N–H and O–H groups in total. The number of hydrogen-bond donors (Lipinski definition) is 2. The molecular weight excluding hydrogens is 428 g/mol. The van der Waals surface area contributed by atoms with Crippen molar-refractivity contribution in [3.05, 3.63) is 84.1 Å². The summed E-state index contributed by atoms with van der Waals surface area (Å²) in [5.74, 6) is 0.163. The lowest BCUT2D eigenvalue weighted by molar-refractivity contribution is -0.113. The maximum atomic E-state index is 12.8. The normalized spacial score (nSPS) is 11.7. The Hall–Kier alpha value is -3.85. The van der Waals surface area contributed by atoms with E-state index in [9.17, 15) is 9.59 Å². The standard InChI is InChI=1S/C23H20N4O4S/c1-15(16-8-3-2-4-9-16)24-21(29)17-10-5-6-11-18(17)25-20(28)14-32-23-27-26-22(31-23)19-12-7-13-30-19/h2-13,15H,14H2,1H3,(H,24,29)(H,25,28). The lowest BCUT2D eigenvalue weighted by atomic mass is 10.1. The molecule has 2 heterocycles. The summed E-state index contributed by atoms with van der Waals surface area (Å²) in [5.41, 5.74) is 1.80. The molecule has 2 aromatic heterocycles. The van der Waals surface area contributed by atoms with Gasteiger partial charge >= 0.3 is 0 Å². The summed E-state index contributed by atoms with van der Waals surface area (Å²) in [4.78, 5) is 25.3. The minimum Gasteiger partial charge on any atom is -0.459 e. The number of carbonyl (C=O) groups excluding carboxylic acids is 2. The van der Waals surface area contributed by atoms with Crippen molar-refractivity contribution in [1.82, 2.24) is 15.5 Å². The lowest BCUT2D eigenvalue weighted by Gasteiger charge is -2.16. The molecule has 0 aliphatic rings. The van der Waals surface area contributed by atoms with Crippen molar-refractivity contribution in [2.75, 3.05) is 11.1 Å². The molecule has 0 saturated carbocycles. The van der Waals surface area contributed by atoms with Crippen LogP contribution in [-0.2, 0) is 4.79 Å². The Labute approximate surface area is 188 Å². The monoisotopic (exact) mass is 448 g/mol. The van der Waals surface area contributed by atoms with Crippen molar-refractivity contribution >= 4 is 29.3 Å². The number of nitrogens with one attached hydrogen (secondary N) is 2. The van der Waals surface area contributed by atoms with Crippen LogP contribution in [0.3, 0.4) is 0 Å². The minimum atomic E-state index is -0.302. The highest BCUT2D eigenvalue weighted by molar-refractivity contribution is 7.99. The van der Waals surface area contributed by atoms with Gasteiger partial charge in [-0.3, -0.25) is 9.59 Å². The first-order chi connectivity index (χ1) is 15.6. The fraction of sp³-hybridized carbons (Fsp3) is 0.130. The van der Waals surface area contributed by atoms with E-state index in [1.165, 1.54) is 6.26 Å². The molecule has 32 heavy (non-hydrogen) atoms. The summed E-state index contributed by atoms with van der Waals surface area (Å²) >= 11 is 1.09. The van der Waals surface area contributed by atoms with Gasteiger partial charge in [0.2, 0.25) is 5.91 Å². The number of nitrogens with zero attached hydrogens (tertiary/aromatic N) is 2. The molecule has 162 valence electrons. The Morgan fingerprint density at radius 3 is 2.56 bits per heavy atom. The number of para-hydroxylation sites is 1. The Morgan fingerprint density at radius 2 is 1.78 bits per heavy atom. The van der Waals surface area contributed by atoms with Gasteiger partial charge in [-0.05, 0) is 36.8 Å². The number of aromatic nitrogens is 2. The van der Waals surface area contributed by atoms with Gasteiger partial charge in [0, 0.05) is 0 Å². The van der Waals surface area contributed by atoms with Gasteiger partial charge in [0.25, 0.3) is 17.0 Å². The Balaban J connectivity index is 1.36. The van der Waals surface area contributed by atoms with Crippen LogP contribution in [0.25, 0.3) is 11.7 Å². The third-order valence-corrected chi connectivity index (χ3v) is 5.38. The molecule has 0 aliphatic heterocycles. The van der Waals surface area contributed by atoms with Gasteiger partial charge in [0.05, 0.1) is 29.3 Å². The van der Waals surface area contributed by atoms with Crippen LogP contribution in [0.4, 0.5) is 5.69 Å². The highest BCUT2D eigenvalue weighted by atomic mass is 32.2. The zero-order chi connectivity index (χ0) is 22.3. The van der Waals surface area contributed by atoms with Gasteiger partial charge in [-0.15, -0.1) is 10.2 Å². The molecule has 1 atom stereocenters. The number of amides is 2. The molecular formula is C23H20N4O4S. The maximum Gasteiger partial charge on any atom is 0.284 e. The summed E-state index contributed by atoms with van der Waals surface area (Å²) in [6, 6.07) is 19.8. The highest BCUT2D eigenvalue weighted by Crippen LogP contribution is 2.24. The van der Waals surface area contributed by atoms with Gasteiger partial charge in [-0.1, -0.05) is 54.2 Å². The van der Waals surface area contributed by atoms with Crippen LogP contribution in [-0.4, -0.2) is 27.8 Å². The van der Waals surface area contributed by atoms with Gasteiger partial charge in [-0.2, -0.15) is 0 Å². The van der Waals surface area contributed by atoms with E-state index in [0.717, 1.165) is 17.3 Å². The van der Waals surface area contributed by atoms with Crippen molar-refractivity contribution < 1.29 is 18.4 Å². The number of thioether (sulfide) groups is 1. The van der Waals surface area contributed by atoms with Crippen molar-refractivity contribution in [2.45, 2.75) is 18.2 Å². The number of furan rings is 1. The van der Waals surface area contributed by atoms with Crippen LogP contribution in [0.5, 0.6) is 0 Å². The van der Waals surface area contributed by atoms with Crippen LogP contribution >= 0.6 is 11.8 Å². The maximum absolute atomic E-state index is 12.8. The smallest absolute Gasteiger partial charge is 0.284 e. The molecule has 9 heteroatoms. The second kappa shape index (κ2) is 9.97. The van der Waals surface area contributed by atoms with Crippen LogP contribution in [0.15, 0.2) is 87.1 Å². The first kappa shape index (κ1) is 21.4. The Kier molecular flexibility index (Phi) is 6.66. The van der Waals surface area contributed by atoms with E-state index in [-0.39, 0.29) is 34.7 Å². The van der Waals surface area contributed by atoms with Crippen molar-refractivity contribution in [3.63, 3.8) is 0 Å². The third kappa shape index (κ3) is 5.25. The molecule has 2 amide bonds. The number of hydrogen-bond acceptors (Lipinski definition) is 7. The van der Waals surface area contributed by atoms with Gasteiger partial charge in [0.15, 0.2) is 5.76 Å². The van der Waals surface area contributed by atoms with E-state index in [4.69, 9.17) is 8.83 Å². The molecule has 0 saturated heterocycles. The van der Waals surface area contributed by atoms with E-state index in [0.29, 0.717) is 17.0 Å². The minimum absolute atomic E-state index is 0.0379. The van der Waals surface area contributed by atoms with Crippen LogP contribution in [0.2, 0.25) is 0 Å². The summed E-state index contributed by atoms with van der Waals surface area (Å²) in [5, 5.41) is 13.8. The predicted molar refractivity (Wildman–Crippen MR) is 120 cm³/mol. The van der Waals surface area contributed by atoms with Crippen LogP contribution < -0.4 is 10.6 Å². The first-order valence-corrected chi connectivity index (χ1v) is 10.8. The Morgan fingerprint density at radius 1 is 1.00 bits per heavy atom. The molecule has 0 spiro atoms. The quantitative estimate of drug-likeness (QED) is 0.380. The fourth-order valence-electron chi connectivity index (χ4n) is 2.97. The number of rotatable bonds is 8. The molecule has 8 nitrogen and oxygen atoms in total. The number of benzene rings is 2. The zero-order valence-corrected chi connectivity index (χ0v) is 18.0. The van der Waals surface area contributed by atoms with E-state index in [1.807, 2.05) is 37.3 Å². The average molecular weight is 449 g/mol. The SMILES string of the molecule is CC(NC(=O)c1ccccc1NC(=O)CSc1nnc(-c2ccco2)o1)c1ccccc1. The van der Waals surface area contributed by atoms with E-state index in [2.05, 4.69) is 20.8 Å². The van der Waals surface area contributed by atoms with Gasteiger partial charge < -0.3 is 19.5 Å². The summed E-state index contributed by atoms with van der Waals surface area (Å²) in [6.45, 7) is 1.91. The van der Waals surface area contributed by atoms with Gasteiger partial charge in [-0.25, -0.2) is 0 Å². The highest BCUT2D eigenvalue weighted by Gasteiger charge is 2.17. The molecule has 2 aromatic carbocycles. The second-order valence-corrected chi connectivity index (χ2v) is 7.77. The summed E-state index contributed by atoms with van der Waals surface area (Å²) < 4.78 is 10.7. The number of anilines is 1. The molecule has 1 unspecified atom stereocenters. The first-order valence-electron chi connectivity index (χ1n) is 9.85. The Bertz CT molecular complexity index is 1190. The van der Waals surface area contributed by atoms with E-state index >= 15 is 0 Å². The predicted octanol–water partition coefficient (Wildman–Crippen LogP) is 4.55. The van der Waals surface area contributed by atoms with Crippen LogP contribution in [0, 0.1) is 0 Å². The fourth-order valence-corrected chi connectivity index (χ4v) is 3.53. The second-order valence-electron chi connectivity index (χ2n) is 6.84. The summed E-state index contributed by atoms with van der Waals surface area (Å²) in [7, 11) is 0. The average Bonchev–Trinajstić information content (AvgIpc) is 3.51. The summed E-state index contributed by atoms with van der Waals surface area (Å²) in [6.07, 6.45) is 1.51. The number of carbonyl (C=O) groups is 2. The van der Waals surface area contributed by atoms with Crippen LogP contribution in [0.1, 0.15) is 28.9 Å². The molecule has 0 fully saturated rings. The molecule has 4 aromatic rings. The largest absolute Gasteiger partial charge is 0.459 e. The zero-order valence-electron chi connectivity index (χ0n) is 17.1. The lowest BCUT2D eigenvalue weighted by Crippen LogP contribution is -2.28. The molecule has 0 radical (unpaired) electrons. The molecule has 0 aliphatic carbocycles.